The molecule has 5 heteroatoms. The van der Waals surface area contributed by atoms with Crippen molar-refractivity contribution in [2.75, 3.05) is 6.54 Å². The molecule has 0 unspecified atom stereocenters. The SMILES string of the molecule is CCN(Cc1ccccc1)C1=C(c2ccc(C)cc2)C(=O)N(Cc2cccnc2)C1=O. The van der Waals surface area contributed by atoms with Gasteiger partial charge in [-0.3, -0.25) is 19.5 Å². The van der Waals surface area contributed by atoms with Crippen LogP contribution in [0.2, 0.25) is 0 Å². The lowest BCUT2D eigenvalue weighted by Crippen LogP contribution is -2.34. The van der Waals surface area contributed by atoms with E-state index >= 15 is 0 Å². The maximum Gasteiger partial charge on any atom is 0.278 e. The summed E-state index contributed by atoms with van der Waals surface area (Å²) in [6.45, 7) is 5.38. The summed E-state index contributed by atoms with van der Waals surface area (Å²) in [6, 6.07) is 21.4. The molecule has 156 valence electrons. The Hall–Kier alpha value is -3.73. The van der Waals surface area contributed by atoms with Crippen LogP contribution in [0.25, 0.3) is 5.57 Å². The molecule has 5 nitrogen and oxygen atoms in total. The summed E-state index contributed by atoms with van der Waals surface area (Å²) in [4.78, 5) is 34.5. The van der Waals surface area contributed by atoms with E-state index in [-0.39, 0.29) is 18.4 Å². The molecule has 0 N–H and O–H groups in total. The second kappa shape index (κ2) is 8.96. The van der Waals surface area contributed by atoms with Crippen LogP contribution < -0.4 is 0 Å². The van der Waals surface area contributed by atoms with Gasteiger partial charge in [0, 0.05) is 25.5 Å². The van der Waals surface area contributed by atoms with Crippen LogP contribution in [0.5, 0.6) is 0 Å². The molecule has 4 rings (SSSR count). The third-order valence-electron chi connectivity index (χ3n) is 5.46. The number of hydrogen-bond donors (Lipinski definition) is 0. The fourth-order valence-corrected chi connectivity index (χ4v) is 3.81. The number of hydrogen-bond acceptors (Lipinski definition) is 4. The van der Waals surface area contributed by atoms with Gasteiger partial charge in [0.15, 0.2) is 0 Å². The second-order valence-electron chi connectivity index (χ2n) is 7.65. The highest BCUT2D eigenvalue weighted by atomic mass is 16.2. The summed E-state index contributed by atoms with van der Waals surface area (Å²) in [5.41, 5.74) is 4.70. The minimum Gasteiger partial charge on any atom is -0.362 e. The molecule has 0 radical (unpaired) electrons. The zero-order chi connectivity index (χ0) is 21.8. The molecule has 0 saturated heterocycles. The fourth-order valence-electron chi connectivity index (χ4n) is 3.81. The summed E-state index contributed by atoms with van der Waals surface area (Å²) in [7, 11) is 0. The minimum absolute atomic E-state index is 0.202. The first-order chi connectivity index (χ1) is 15.1. The number of aromatic nitrogens is 1. The molecular formula is C26H25N3O2. The van der Waals surface area contributed by atoms with Gasteiger partial charge in [-0.05, 0) is 36.6 Å². The van der Waals surface area contributed by atoms with Crippen molar-refractivity contribution in [3.05, 3.63) is 107 Å². The van der Waals surface area contributed by atoms with Gasteiger partial charge in [-0.2, -0.15) is 0 Å². The Kier molecular flexibility index (Phi) is 5.94. The maximum absolute atomic E-state index is 13.5. The Labute approximate surface area is 182 Å². The van der Waals surface area contributed by atoms with Gasteiger partial charge in [0.1, 0.15) is 5.70 Å². The summed E-state index contributed by atoms with van der Waals surface area (Å²) in [5.74, 6) is -0.526. The minimum atomic E-state index is -0.265. The highest BCUT2D eigenvalue weighted by Gasteiger charge is 2.41. The number of nitrogens with zero attached hydrogens (tertiary/aromatic N) is 3. The van der Waals surface area contributed by atoms with Gasteiger partial charge >= 0.3 is 0 Å². The lowest BCUT2D eigenvalue weighted by molar-refractivity contribution is -0.138. The molecule has 0 fully saturated rings. The lowest BCUT2D eigenvalue weighted by atomic mass is 10.0. The summed E-state index contributed by atoms with van der Waals surface area (Å²) in [6.07, 6.45) is 3.36. The van der Waals surface area contributed by atoms with Gasteiger partial charge in [0.2, 0.25) is 0 Å². The van der Waals surface area contributed by atoms with E-state index in [0.717, 1.165) is 22.3 Å². The van der Waals surface area contributed by atoms with E-state index in [4.69, 9.17) is 0 Å². The number of aryl methyl sites for hydroxylation is 1. The van der Waals surface area contributed by atoms with E-state index in [1.807, 2.05) is 85.5 Å². The average molecular weight is 412 g/mol. The maximum atomic E-state index is 13.5. The zero-order valence-corrected chi connectivity index (χ0v) is 17.8. The zero-order valence-electron chi connectivity index (χ0n) is 17.8. The first kappa shape index (κ1) is 20.5. The largest absolute Gasteiger partial charge is 0.362 e. The van der Waals surface area contributed by atoms with Crippen LogP contribution in [0.1, 0.15) is 29.2 Å². The van der Waals surface area contributed by atoms with Crippen LogP contribution in [0.4, 0.5) is 0 Å². The van der Waals surface area contributed by atoms with Crippen LogP contribution in [0, 0.1) is 6.92 Å². The van der Waals surface area contributed by atoms with Crippen LogP contribution in [0.3, 0.4) is 0 Å². The van der Waals surface area contributed by atoms with E-state index in [1.165, 1.54) is 4.90 Å². The predicted molar refractivity (Wildman–Crippen MR) is 120 cm³/mol. The number of imide groups is 1. The van der Waals surface area contributed by atoms with E-state index < -0.39 is 0 Å². The number of benzene rings is 2. The number of carbonyl (C=O) groups excluding carboxylic acids is 2. The summed E-state index contributed by atoms with van der Waals surface area (Å²) < 4.78 is 0. The van der Waals surface area contributed by atoms with Gasteiger partial charge in [-0.25, -0.2) is 0 Å². The topological polar surface area (TPSA) is 53.5 Å². The Morgan fingerprint density at radius 1 is 0.871 bits per heavy atom. The van der Waals surface area contributed by atoms with E-state index in [2.05, 4.69) is 4.98 Å². The van der Waals surface area contributed by atoms with Crippen molar-refractivity contribution in [1.82, 2.24) is 14.8 Å². The quantitative estimate of drug-likeness (QED) is 0.547. The molecular weight excluding hydrogens is 386 g/mol. The normalized spacial score (nSPS) is 13.8. The van der Waals surface area contributed by atoms with Crippen molar-refractivity contribution < 1.29 is 9.59 Å². The molecule has 0 atom stereocenters. The molecule has 2 aromatic carbocycles. The van der Waals surface area contributed by atoms with Gasteiger partial charge in [0.05, 0.1) is 12.1 Å². The van der Waals surface area contributed by atoms with Crippen molar-refractivity contribution in [3.8, 4) is 0 Å². The molecule has 1 aliphatic heterocycles. The molecule has 31 heavy (non-hydrogen) atoms. The van der Waals surface area contributed by atoms with Crippen LogP contribution in [-0.2, 0) is 22.7 Å². The first-order valence-electron chi connectivity index (χ1n) is 10.4. The summed E-state index contributed by atoms with van der Waals surface area (Å²) in [5, 5.41) is 0. The number of amides is 2. The van der Waals surface area contributed by atoms with Crippen molar-refractivity contribution >= 4 is 17.4 Å². The smallest absolute Gasteiger partial charge is 0.278 e. The average Bonchev–Trinajstić information content (AvgIpc) is 3.04. The Morgan fingerprint density at radius 2 is 1.58 bits per heavy atom. The molecule has 0 aliphatic carbocycles. The predicted octanol–water partition coefficient (Wildman–Crippen LogP) is 4.19. The van der Waals surface area contributed by atoms with Crippen molar-refractivity contribution in [2.24, 2.45) is 0 Å². The van der Waals surface area contributed by atoms with Crippen molar-refractivity contribution in [2.45, 2.75) is 26.9 Å². The molecule has 0 saturated carbocycles. The standard InChI is InChI=1S/C26H25N3O2/c1-3-28(17-20-8-5-4-6-9-20)24-23(22-13-11-19(2)12-14-22)25(30)29(26(24)31)18-21-10-7-15-27-16-21/h4-16H,3,17-18H2,1-2H3. The number of rotatable bonds is 7. The van der Waals surface area contributed by atoms with Gasteiger partial charge in [0.25, 0.3) is 11.8 Å². The third kappa shape index (κ3) is 4.26. The molecule has 3 aromatic rings. The number of carbonyl (C=O) groups is 2. The Morgan fingerprint density at radius 3 is 2.23 bits per heavy atom. The van der Waals surface area contributed by atoms with E-state index in [0.29, 0.717) is 24.4 Å². The molecule has 0 bridgehead atoms. The highest BCUT2D eigenvalue weighted by Crippen LogP contribution is 2.33. The van der Waals surface area contributed by atoms with Crippen LogP contribution >= 0.6 is 0 Å². The second-order valence-corrected chi connectivity index (χ2v) is 7.65. The Balaban J connectivity index is 1.76. The van der Waals surface area contributed by atoms with Gasteiger partial charge in [-0.1, -0.05) is 66.2 Å². The molecule has 2 heterocycles. The molecule has 1 aromatic heterocycles. The first-order valence-corrected chi connectivity index (χ1v) is 10.4. The molecule has 0 spiro atoms. The fraction of sp³-hybridized carbons (Fsp3) is 0.192. The number of pyridine rings is 1. The van der Waals surface area contributed by atoms with Gasteiger partial charge < -0.3 is 4.90 Å². The molecule has 2 amide bonds. The van der Waals surface area contributed by atoms with Crippen LogP contribution in [-0.4, -0.2) is 33.1 Å². The third-order valence-corrected chi connectivity index (χ3v) is 5.46. The lowest BCUT2D eigenvalue weighted by Gasteiger charge is -2.25. The monoisotopic (exact) mass is 411 g/mol. The van der Waals surface area contributed by atoms with E-state index in [1.54, 1.807) is 12.4 Å². The number of likely N-dealkylation sites (N-methyl/N-ethyl adjacent to an activating group) is 1. The summed E-state index contributed by atoms with van der Waals surface area (Å²) >= 11 is 0. The van der Waals surface area contributed by atoms with Crippen LogP contribution in [0.15, 0.2) is 84.8 Å². The van der Waals surface area contributed by atoms with Gasteiger partial charge in [-0.15, -0.1) is 0 Å². The highest BCUT2D eigenvalue weighted by molar-refractivity contribution is 6.35. The van der Waals surface area contributed by atoms with E-state index in [9.17, 15) is 9.59 Å². The Bertz CT molecular complexity index is 1110. The molecule has 1 aliphatic rings. The van der Waals surface area contributed by atoms with Crippen molar-refractivity contribution in [3.63, 3.8) is 0 Å². The van der Waals surface area contributed by atoms with Crippen molar-refractivity contribution in [1.29, 1.82) is 0 Å².